The number of fused-ring (bicyclic) bond motifs is 5. The number of hydrogen-bond acceptors (Lipinski definition) is 2. The molecule has 1 aliphatic heterocycles. The van der Waals surface area contributed by atoms with Gasteiger partial charge in [-0.15, -0.1) is 0 Å². The maximum atomic E-state index is 12.4. The lowest BCUT2D eigenvalue weighted by atomic mass is 9.46. The molecule has 0 radical (unpaired) electrons. The van der Waals surface area contributed by atoms with Gasteiger partial charge in [0.1, 0.15) is 0 Å². The Balaban J connectivity index is 1.65. The number of halogens is 1. The first-order valence-electron chi connectivity index (χ1n) is 9.82. The van der Waals surface area contributed by atoms with Crippen molar-refractivity contribution in [2.45, 2.75) is 75.2 Å². The second-order valence-corrected chi connectivity index (χ2v) is 12.3. The van der Waals surface area contributed by atoms with Crippen LogP contribution in [0, 0.1) is 34.5 Å². The summed E-state index contributed by atoms with van der Waals surface area (Å²) in [5.41, 5.74) is 0.122. The third kappa shape index (κ3) is 2.43. The molecule has 1 heterocycles. The summed E-state index contributed by atoms with van der Waals surface area (Å²) in [5, 5.41) is 13.0. The average Bonchev–Trinajstić information content (AvgIpc) is 2.86. The molecule has 1 saturated heterocycles. The van der Waals surface area contributed by atoms with Gasteiger partial charge in [-0.1, -0.05) is 36.4 Å². The smallest absolute Gasteiger partial charge is 0.307 e. The van der Waals surface area contributed by atoms with Crippen molar-refractivity contribution in [3.63, 3.8) is 0 Å². The number of amides is 1. The number of alkyl halides is 1. The third-order valence-electron chi connectivity index (χ3n) is 8.66. The van der Waals surface area contributed by atoms with Crippen molar-refractivity contribution >= 4 is 34.5 Å². The van der Waals surface area contributed by atoms with Gasteiger partial charge >= 0.3 is 5.97 Å². The first-order valence-corrected chi connectivity index (χ1v) is 10.9. The molecule has 0 bridgehead atoms. The Morgan fingerprint density at radius 3 is 2.44 bits per heavy atom. The van der Waals surface area contributed by atoms with Gasteiger partial charge in [0.2, 0.25) is 5.91 Å². The fraction of sp³-hybridized carbons (Fsp3) is 0.900. The molecule has 5 heteroatoms. The Bertz CT molecular complexity index is 620. The average molecular weight is 459 g/mol. The fourth-order valence-corrected chi connectivity index (χ4v) is 8.43. The molecule has 25 heavy (non-hydrogen) atoms. The Kier molecular flexibility index (Phi) is 4.03. The summed E-state index contributed by atoms with van der Waals surface area (Å²) >= 11 is 2.34. The molecule has 0 spiro atoms. The SMILES string of the molecule is CC1(I)C[C@@]2(C)[C@@H](CC[C@@H]3[C@@H]2CC[C@]2(C)[C@@H](C(=O)O)CC[C@@H]32)NC1=O. The molecule has 8 atom stereocenters. The first kappa shape index (κ1) is 18.1. The highest BCUT2D eigenvalue weighted by Crippen LogP contribution is 2.66. The van der Waals surface area contributed by atoms with Gasteiger partial charge in [0.25, 0.3) is 0 Å². The molecule has 140 valence electrons. The highest BCUT2D eigenvalue weighted by atomic mass is 127. The van der Waals surface area contributed by atoms with E-state index in [9.17, 15) is 14.7 Å². The van der Waals surface area contributed by atoms with Crippen LogP contribution in [0.3, 0.4) is 0 Å². The normalized spacial score (nSPS) is 54.9. The topological polar surface area (TPSA) is 66.4 Å². The lowest BCUT2D eigenvalue weighted by Gasteiger charge is -2.61. The molecule has 4 rings (SSSR count). The van der Waals surface area contributed by atoms with E-state index in [1.165, 1.54) is 0 Å². The molecule has 3 saturated carbocycles. The molecular weight excluding hydrogens is 429 g/mol. The van der Waals surface area contributed by atoms with Crippen LogP contribution in [0.1, 0.15) is 65.7 Å². The van der Waals surface area contributed by atoms with E-state index in [4.69, 9.17) is 0 Å². The van der Waals surface area contributed by atoms with Gasteiger partial charge in [0.05, 0.1) is 9.34 Å². The molecule has 1 amide bonds. The zero-order valence-electron chi connectivity index (χ0n) is 15.5. The molecule has 2 N–H and O–H groups in total. The van der Waals surface area contributed by atoms with Crippen molar-refractivity contribution in [3.05, 3.63) is 0 Å². The minimum absolute atomic E-state index is 0.0261. The van der Waals surface area contributed by atoms with Crippen molar-refractivity contribution < 1.29 is 14.7 Å². The minimum Gasteiger partial charge on any atom is -0.481 e. The lowest BCUT2D eigenvalue weighted by Crippen LogP contribution is -2.66. The standard InChI is InChI=1S/C20H30INO3/c1-18-9-8-13-11(12(18)5-6-14(18)16(23)24)4-7-15-19(13,2)10-20(3,21)17(25)22-15/h11-15H,4-10H2,1-3H3,(H,22,25)(H,23,24)/t11-,12-,13-,14+,15+,18-,19+,20?/m0/s1. The van der Waals surface area contributed by atoms with Gasteiger partial charge < -0.3 is 10.4 Å². The minimum atomic E-state index is -0.590. The Morgan fingerprint density at radius 2 is 1.76 bits per heavy atom. The second kappa shape index (κ2) is 5.59. The van der Waals surface area contributed by atoms with Crippen LogP contribution in [0.4, 0.5) is 0 Å². The number of hydrogen-bond donors (Lipinski definition) is 2. The number of aliphatic carboxylic acids is 1. The Morgan fingerprint density at radius 1 is 1.08 bits per heavy atom. The Hall–Kier alpha value is -0.330. The van der Waals surface area contributed by atoms with Gasteiger partial charge in [-0.2, -0.15) is 0 Å². The van der Waals surface area contributed by atoms with Gasteiger partial charge in [-0.05, 0) is 80.5 Å². The number of carboxylic acid groups (broad SMARTS) is 1. The van der Waals surface area contributed by atoms with E-state index < -0.39 is 5.97 Å². The quantitative estimate of drug-likeness (QED) is 0.460. The number of piperidine rings is 1. The molecule has 4 fully saturated rings. The van der Waals surface area contributed by atoms with Crippen LogP contribution in [0.2, 0.25) is 0 Å². The fourth-order valence-electron chi connectivity index (χ4n) is 7.46. The van der Waals surface area contributed by atoms with Crippen molar-refractivity contribution in [2.75, 3.05) is 0 Å². The number of carbonyl (C=O) groups excluding carboxylic acids is 1. The molecule has 1 unspecified atom stereocenters. The zero-order valence-corrected chi connectivity index (χ0v) is 17.6. The summed E-state index contributed by atoms with van der Waals surface area (Å²) in [6.07, 6.45) is 7.23. The summed E-state index contributed by atoms with van der Waals surface area (Å²) in [6, 6.07) is 0.296. The van der Waals surface area contributed by atoms with Crippen molar-refractivity contribution in [2.24, 2.45) is 34.5 Å². The maximum Gasteiger partial charge on any atom is 0.307 e. The predicted molar refractivity (Wildman–Crippen MR) is 104 cm³/mol. The summed E-state index contributed by atoms with van der Waals surface area (Å²) in [4.78, 5) is 24.2. The van der Waals surface area contributed by atoms with Crippen LogP contribution in [0.5, 0.6) is 0 Å². The van der Waals surface area contributed by atoms with Gasteiger partial charge in [-0.25, -0.2) is 0 Å². The summed E-state index contributed by atoms with van der Waals surface area (Å²) < 4.78 is -0.328. The highest BCUT2D eigenvalue weighted by Gasteiger charge is 2.63. The predicted octanol–water partition coefficient (Wildman–Crippen LogP) is 4.01. The number of nitrogens with one attached hydrogen (secondary N) is 1. The van der Waals surface area contributed by atoms with Gasteiger partial charge in [0.15, 0.2) is 0 Å². The van der Waals surface area contributed by atoms with Crippen molar-refractivity contribution in [1.29, 1.82) is 0 Å². The molecule has 4 nitrogen and oxygen atoms in total. The van der Waals surface area contributed by atoms with E-state index in [1.54, 1.807) is 0 Å². The van der Waals surface area contributed by atoms with E-state index in [2.05, 4.69) is 48.7 Å². The van der Waals surface area contributed by atoms with E-state index in [-0.39, 0.29) is 26.1 Å². The molecule has 3 aliphatic carbocycles. The van der Waals surface area contributed by atoms with Crippen molar-refractivity contribution in [3.8, 4) is 0 Å². The van der Waals surface area contributed by atoms with Crippen LogP contribution in [0.15, 0.2) is 0 Å². The molecule has 0 aromatic rings. The van der Waals surface area contributed by atoms with E-state index in [0.29, 0.717) is 23.8 Å². The molecule has 0 aromatic heterocycles. The van der Waals surface area contributed by atoms with E-state index >= 15 is 0 Å². The van der Waals surface area contributed by atoms with Crippen LogP contribution >= 0.6 is 22.6 Å². The number of carboxylic acids is 1. The van der Waals surface area contributed by atoms with E-state index in [0.717, 1.165) is 44.9 Å². The van der Waals surface area contributed by atoms with Crippen molar-refractivity contribution in [1.82, 2.24) is 5.32 Å². The summed E-state index contributed by atoms with van der Waals surface area (Å²) in [5.74, 6) is 1.24. The molecule has 0 aromatic carbocycles. The Labute approximate surface area is 164 Å². The number of rotatable bonds is 1. The maximum absolute atomic E-state index is 12.4. The first-order chi connectivity index (χ1) is 11.6. The third-order valence-corrected chi connectivity index (χ3v) is 9.53. The number of carbonyl (C=O) groups is 2. The van der Waals surface area contributed by atoms with Gasteiger partial charge in [-0.3, -0.25) is 9.59 Å². The highest BCUT2D eigenvalue weighted by molar-refractivity contribution is 14.1. The van der Waals surface area contributed by atoms with Crippen LogP contribution in [-0.2, 0) is 9.59 Å². The van der Waals surface area contributed by atoms with E-state index in [1.807, 2.05) is 0 Å². The zero-order chi connectivity index (χ0) is 18.2. The lowest BCUT2D eigenvalue weighted by molar-refractivity contribution is -0.153. The van der Waals surface area contributed by atoms with Gasteiger partial charge in [0, 0.05) is 6.04 Å². The van der Waals surface area contributed by atoms with Crippen LogP contribution in [0.25, 0.3) is 0 Å². The largest absolute Gasteiger partial charge is 0.481 e. The molecular formula is C20H30INO3. The van der Waals surface area contributed by atoms with Crippen LogP contribution in [-0.4, -0.2) is 26.4 Å². The second-order valence-electron chi connectivity index (χ2n) is 9.87. The molecule has 4 aliphatic rings. The summed E-state index contributed by atoms with van der Waals surface area (Å²) in [7, 11) is 0. The summed E-state index contributed by atoms with van der Waals surface area (Å²) in [6.45, 7) is 6.72. The monoisotopic (exact) mass is 459 g/mol. The van der Waals surface area contributed by atoms with Crippen LogP contribution < -0.4 is 5.32 Å².